The van der Waals surface area contributed by atoms with Gasteiger partial charge in [0.2, 0.25) is 0 Å². The molecule has 0 atom stereocenters. The molecule has 0 radical (unpaired) electrons. The van der Waals surface area contributed by atoms with Gasteiger partial charge < -0.3 is 14.6 Å². The molecule has 3 rings (SSSR count). The summed E-state index contributed by atoms with van der Waals surface area (Å²) in [5.41, 5.74) is 5.80. The molecule has 0 saturated carbocycles. The van der Waals surface area contributed by atoms with E-state index in [0.717, 1.165) is 27.8 Å². The van der Waals surface area contributed by atoms with E-state index >= 15 is 0 Å². The van der Waals surface area contributed by atoms with Crippen molar-refractivity contribution in [2.75, 3.05) is 18.6 Å². The molecule has 0 unspecified atom stereocenters. The zero-order valence-corrected chi connectivity index (χ0v) is 21.0. The minimum absolute atomic E-state index is 0.101. The summed E-state index contributed by atoms with van der Waals surface area (Å²) in [5.74, 6) is -0.0598. The topological polar surface area (TPSA) is 89.9 Å². The molecular weight excluding hydrogens is 464 g/mol. The maximum atomic E-state index is 11.3. The van der Waals surface area contributed by atoms with Crippen molar-refractivity contribution in [2.24, 2.45) is 0 Å². The number of benzene rings is 3. The van der Waals surface area contributed by atoms with Gasteiger partial charge >= 0.3 is 5.97 Å². The molecule has 0 aliphatic rings. The van der Waals surface area contributed by atoms with Gasteiger partial charge in [-0.1, -0.05) is 30.3 Å². The Balaban J connectivity index is 1.65. The second-order valence-corrected chi connectivity index (χ2v) is 10.8. The first-order valence-electron chi connectivity index (χ1n) is 12.3. The predicted octanol–water partition coefficient (Wildman–Crippen LogP) is 5.38. The molecule has 1 N–H and O–H groups in total. The number of carboxylic acids is 1. The van der Waals surface area contributed by atoms with Gasteiger partial charge in [-0.05, 0) is 90.4 Å². The van der Waals surface area contributed by atoms with Crippen molar-refractivity contribution in [3.8, 4) is 22.6 Å². The third-order valence-electron chi connectivity index (χ3n) is 5.42. The Morgan fingerprint density at radius 1 is 0.943 bits per heavy atom. The molecule has 0 fully saturated rings. The summed E-state index contributed by atoms with van der Waals surface area (Å²) < 4.78 is 49.4. The number of hydrogen-bond acceptors (Lipinski definition) is 5. The van der Waals surface area contributed by atoms with Crippen LogP contribution in [0, 0.1) is 13.8 Å². The number of sulfone groups is 1. The second kappa shape index (κ2) is 11.9. The maximum Gasteiger partial charge on any atom is 0.303 e. The summed E-state index contributed by atoms with van der Waals surface area (Å²) in [6.45, 7) is 4.71. The Labute approximate surface area is 210 Å². The molecule has 0 aliphatic heterocycles. The number of aryl methyl sites for hydroxylation is 3. The number of aliphatic carboxylic acids is 1. The molecule has 0 bridgehead atoms. The zero-order valence-electron chi connectivity index (χ0n) is 22.2. The van der Waals surface area contributed by atoms with Crippen LogP contribution >= 0.6 is 0 Å². The fraction of sp³-hybridized carbons (Fsp3) is 0.321. The van der Waals surface area contributed by atoms with E-state index in [4.69, 9.17) is 17.3 Å². The molecular formula is C28H32O6S. The van der Waals surface area contributed by atoms with Gasteiger partial charge in [0.05, 0.1) is 12.4 Å². The van der Waals surface area contributed by atoms with Crippen LogP contribution in [0.3, 0.4) is 0 Å². The molecule has 3 aromatic carbocycles. The number of carbonyl (C=O) groups is 1. The lowest BCUT2D eigenvalue weighted by atomic mass is 9.94. The van der Waals surface area contributed by atoms with Crippen LogP contribution in [0.4, 0.5) is 0 Å². The van der Waals surface area contributed by atoms with Gasteiger partial charge in [0.25, 0.3) is 0 Å². The van der Waals surface area contributed by atoms with Crippen molar-refractivity contribution in [1.82, 2.24) is 0 Å². The molecule has 0 spiro atoms. The minimum Gasteiger partial charge on any atom is -0.494 e. The highest BCUT2D eigenvalue weighted by Crippen LogP contribution is 2.32. The van der Waals surface area contributed by atoms with E-state index in [-0.39, 0.29) is 12.2 Å². The van der Waals surface area contributed by atoms with E-state index in [1.165, 1.54) is 6.26 Å². The summed E-state index contributed by atoms with van der Waals surface area (Å²) >= 11 is 0. The average molecular weight is 499 g/mol. The van der Waals surface area contributed by atoms with E-state index < -0.39 is 22.2 Å². The largest absolute Gasteiger partial charge is 0.494 e. The first-order chi connectivity index (χ1) is 17.3. The number of rotatable bonds is 12. The van der Waals surface area contributed by atoms with E-state index in [9.17, 15) is 13.2 Å². The molecule has 6 nitrogen and oxygen atoms in total. The molecule has 186 valence electrons. The highest BCUT2D eigenvalue weighted by Gasteiger charge is 2.10. The quantitative estimate of drug-likeness (QED) is 0.337. The molecule has 0 heterocycles. The predicted molar refractivity (Wildman–Crippen MR) is 138 cm³/mol. The summed E-state index contributed by atoms with van der Waals surface area (Å²) in [6.07, 6.45) is -0.867. The average Bonchev–Trinajstić information content (AvgIpc) is 2.80. The van der Waals surface area contributed by atoms with Crippen LogP contribution in [0.1, 0.15) is 37.8 Å². The maximum absolute atomic E-state index is 11.3. The van der Waals surface area contributed by atoms with Crippen molar-refractivity contribution in [1.29, 1.82) is 0 Å². The molecule has 35 heavy (non-hydrogen) atoms. The third kappa shape index (κ3) is 8.44. The van der Waals surface area contributed by atoms with Crippen molar-refractivity contribution in [3.63, 3.8) is 0 Å². The number of ether oxygens (including phenoxy) is 2. The SMILES string of the molecule is [2H]C([2H])(Cc1ccc(OCc2cccc(-c3c(C)cc(OCCCS(C)(=O)=O)cc3C)c2)cc1)C(=O)O. The Bertz CT molecular complexity index is 1330. The van der Waals surface area contributed by atoms with Gasteiger partial charge in [-0.2, -0.15) is 0 Å². The lowest BCUT2D eigenvalue weighted by Crippen LogP contribution is -2.08. The van der Waals surface area contributed by atoms with Crippen LogP contribution in [-0.2, 0) is 27.7 Å². The summed E-state index contributed by atoms with van der Waals surface area (Å²) in [5, 5.41) is 8.96. The van der Waals surface area contributed by atoms with Crippen LogP contribution in [0.25, 0.3) is 11.1 Å². The Hall–Kier alpha value is -3.32. The van der Waals surface area contributed by atoms with Crippen molar-refractivity contribution in [3.05, 3.63) is 82.9 Å². The van der Waals surface area contributed by atoms with Gasteiger partial charge in [0.1, 0.15) is 27.9 Å². The second-order valence-electron chi connectivity index (χ2n) is 8.56. The highest BCUT2D eigenvalue weighted by molar-refractivity contribution is 7.90. The molecule has 7 heteroatoms. The smallest absolute Gasteiger partial charge is 0.303 e. The van der Waals surface area contributed by atoms with Gasteiger partial charge in [-0.15, -0.1) is 0 Å². The first kappa shape index (κ1) is 23.4. The molecule has 3 aromatic rings. The summed E-state index contributed by atoms with van der Waals surface area (Å²) in [6, 6.07) is 18.7. The van der Waals surface area contributed by atoms with Crippen LogP contribution in [0.5, 0.6) is 11.5 Å². The van der Waals surface area contributed by atoms with Crippen LogP contribution in [0.15, 0.2) is 60.7 Å². The minimum atomic E-state index is -3.00. The Morgan fingerprint density at radius 3 is 2.26 bits per heavy atom. The molecule has 0 saturated heterocycles. The van der Waals surface area contributed by atoms with Gasteiger partial charge in [0, 0.05) is 15.4 Å². The first-order valence-corrected chi connectivity index (χ1v) is 13.4. The fourth-order valence-corrected chi connectivity index (χ4v) is 4.48. The van der Waals surface area contributed by atoms with Gasteiger partial charge in [-0.3, -0.25) is 4.79 Å². The Morgan fingerprint density at radius 2 is 1.63 bits per heavy atom. The van der Waals surface area contributed by atoms with E-state index in [0.29, 0.717) is 36.7 Å². The van der Waals surface area contributed by atoms with Gasteiger partial charge in [0.15, 0.2) is 0 Å². The lowest BCUT2D eigenvalue weighted by molar-refractivity contribution is -0.136. The van der Waals surface area contributed by atoms with Crippen molar-refractivity contribution in [2.45, 2.75) is 39.7 Å². The normalized spacial score (nSPS) is 12.5. The lowest BCUT2D eigenvalue weighted by Gasteiger charge is -2.15. The fourth-order valence-electron chi connectivity index (χ4n) is 3.84. The van der Waals surface area contributed by atoms with Crippen molar-refractivity contribution < 1.29 is 30.5 Å². The van der Waals surface area contributed by atoms with E-state index in [1.807, 2.05) is 44.2 Å². The molecule has 0 aliphatic carbocycles. The summed E-state index contributed by atoms with van der Waals surface area (Å²) in [4.78, 5) is 11.0. The van der Waals surface area contributed by atoms with Crippen molar-refractivity contribution >= 4 is 15.8 Å². The standard InChI is InChI=1S/C28H32O6S/c1-20-16-26(33-14-5-15-35(3,31)32)17-21(2)28(20)24-7-4-6-23(18-24)19-34-25-11-8-22(9-12-25)10-13-27(29)30/h4,6-9,11-12,16-18H,5,10,13-15,19H2,1-3H3,(H,29,30)/i13D2. The van der Waals surface area contributed by atoms with E-state index in [2.05, 4.69) is 6.07 Å². The number of hydrogen-bond donors (Lipinski definition) is 1. The van der Waals surface area contributed by atoms with Crippen LogP contribution in [0.2, 0.25) is 0 Å². The zero-order chi connectivity index (χ0) is 27.2. The van der Waals surface area contributed by atoms with Crippen LogP contribution < -0.4 is 9.47 Å². The molecule has 0 aromatic heterocycles. The third-order valence-corrected chi connectivity index (χ3v) is 6.45. The van der Waals surface area contributed by atoms with Crippen LogP contribution in [-0.4, -0.2) is 38.1 Å². The number of carboxylic acid groups (broad SMARTS) is 1. The highest BCUT2D eigenvalue weighted by atomic mass is 32.2. The Kier molecular flexibility index (Phi) is 7.96. The van der Waals surface area contributed by atoms with Gasteiger partial charge in [-0.25, -0.2) is 8.42 Å². The van der Waals surface area contributed by atoms with E-state index in [1.54, 1.807) is 24.3 Å². The summed E-state index contributed by atoms with van der Waals surface area (Å²) in [7, 11) is -3.00. The monoisotopic (exact) mass is 498 g/mol. The molecule has 0 amide bonds.